The number of nitrogens with one attached hydrogen (secondary N) is 1. The second-order valence-corrected chi connectivity index (χ2v) is 5.52. The standard InChI is InChI=1S/C15H23NO3/c1-14(2,16-3)15(9-19-10-15)11-6-7-12(17-4)13(8-11)18-5/h6-8,16H,9-10H2,1-5H3. The molecule has 4 nitrogen and oxygen atoms in total. The molecule has 1 fully saturated rings. The molecule has 2 rings (SSSR count). The third-order valence-electron chi connectivity index (χ3n) is 4.45. The largest absolute Gasteiger partial charge is 0.493 e. The highest BCUT2D eigenvalue weighted by Gasteiger charge is 2.51. The molecule has 1 aliphatic heterocycles. The van der Waals surface area contributed by atoms with Crippen LogP contribution in [0.3, 0.4) is 0 Å². The number of hydrogen-bond donors (Lipinski definition) is 1. The first-order valence-corrected chi connectivity index (χ1v) is 6.50. The minimum atomic E-state index is -0.0507. The number of rotatable bonds is 5. The molecule has 1 aromatic carbocycles. The van der Waals surface area contributed by atoms with Crippen LogP contribution < -0.4 is 14.8 Å². The summed E-state index contributed by atoms with van der Waals surface area (Å²) >= 11 is 0. The minimum Gasteiger partial charge on any atom is -0.493 e. The lowest BCUT2D eigenvalue weighted by Crippen LogP contribution is -2.65. The van der Waals surface area contributed by atoms with Gasteiger partial charge in [-0.05, 0) is 38.6 Å². The normalized spacial score (nSPS) is 17.7. The van der Waals surface area contributed by atoms with E-state index in [1.54, 1.807) is 14.2 Å². The van der Waals surface area contributed by atoms with Crippen LogP contribution in [-0.2, 0) is 10.2 Å². The zero-order valence-electron chi connectivity index (χ0n) is 12.4. The van der Waals surface area contributed by atoms with Crippen molar-refractivity contribution in [1.82, 2.24) is 5.32 Å². The van der Waals surface area contributed by atoms with Crippen molar-refractivity contribution in [3.05, 3.63) is 23.8 Å². The molecule has 1 aliphatic rings. The SMILES string of the molecule is CNC(C)(C)C1(c2ccc(OC)c(OC)c2)COC1. The number of likely N-dealkylation sites (N-methyl/N-ethyl adjacent to an activating group) is 1. The van der Waals surface area contributed by atoms with Crippen LogP contribution in [0.4, 0.5) is 0 Å². The maximum Gasteiger partial charge on any atom is 0.161 e. The van der Waals surface area contributed by atoms with E-state index in [4.69, 9.17) is 14.2 Å². The Bertz CT molecular complexity index is 453. The highest BCUT2D eigenvalue weighted by atomic mass is 16.5. The number of benzene rings is 1. The van der Waals surface area contributed by atoms with Gasteiger partial charge in [0.1, 0.15) is 0 Å². The predicted octanol–water partition coefficient (Wildman–Crippen LogP) is 1.97. The van der Waals surface area contributed by atoms with Crippen molar-refractivity contribution >= 4 is 0 Å². The van der Waals surface area contributed by atoms with E-state index in [9.17, 15) is 0 Å². The lowest BCUT2D eigenvalue weighted by Gasteiger charge is -2.52. The second-order valence-electron chi connectivity index (χ2n) is 5.52. The molecule has 1 aromatic rings. The Morgan fingerprint density at radius 2 is 1.79 bits per heavy atom. The summed E-state index contributed by atoms with van der Waals surface area (Å²) in [5.74, 6) is 1.52. The molecule has 0 aliphatic carbocycles. The Kier molecular flexibility index (Phi) is 3.74. The summed E-state index contributed by atoms with van der Waals surface area (Å²) in [5, 5.41) is 3.40. The molecular weight excluding hydrogens is 242 g/mol. The van der Waals surface area contributed by atoms with Gasteiger partial charge in [-0.25, -0.2) is 0 Å². The minimum absolute atomic E-state index is 0.0265. The van der Waals surface area contributed by atoms with Gasteiger partial charge in [0, 0.05) is 5.54 Å². The van der Waals surface area contributed by atoms with E-state index in [2.05, 4.69) is 31.3 Å². The molecule has 0 amide bonds. The van der Waals surface area contributed by atoms with Crippen LogP contribution in [0.2, 0.25) is 0 Å². The average Bonchev–Trinajstić information content (AvgIpc) is 2.36. The van der Waals surface area contributed by atoms with Gasteiger partial charge in [-0.3, -0.25) is 0 Å². The Balaban J connectivity index is 2.45. The van der Waals surface area contributed by atoms with Crippen LogP contribution in [0, 0.1) is 0 Å². The molecule has 0 unspecified atom stereocenters. The Labute approximate surface area is 115 Å². The predicted molar refractivity (Wildman–Crippen MR) is 75.2 cm³/mol. The molecule has 0 saturated carbocycles. The fourth-order valence-electron chi connectivity index (χ4n) is 2.57. The van der Waals surface area contributed by atoms with Crippen molar-refractivity contribution in [3.8, 4) is 11.5 Å². The fraction of sp³-hybridized carbons (Fsp3) is 0.600. The Hall–Kier alpha value is -1.26. The zero-order chi connectivity index (χ0) is 14.1. The number of methoxy groups -OCH3 is 2. The molecule has 0 bridgehead atoms. The van der Waals surface area contributed by atoms with Crippen LogP contribution in [0.5, 0.6) is 11.5 Å². The highest BCUT2D eigenvalue weighted by molar-refractivity contribution is 5.47. The van der Waals surface area contributed by atoms with E-state index in [0.717, 1.165) is 24.7 Å². The Morgan fingerprint density at radius 1 is 1.16 bits per heavy atom. The van der Waals surface area contributed by atoms with E-state index < -0.39 is 0 Å². The first-order chi connectivity index (χ1) is 9.00. The molecule has 1 saturated heterocycles. The van der Waals surface area contributed by atoms with Crippen LogP contribution in [-0.4, -0.2) is 40.0 Å². The van der Waals surface area contributed by atoms with Crippen molar-refractivity contribution < 1.29 is 14.2 Å². The molecule has 0 atom stereocenters. The van der Waals surface area contributed by atoms with Crippen molar-refractivity contribution in [2.75, 3.05) is 34.5 Å². The van der Waals surface area contributed by atoms with Crippen molar-refractivity contribution in [2.24, 2.45) is 0 Å². The summed E-state index contributed by atoms with van der Waals surface area (Å²) < 4.78 is 16.2. The van der Waals surface area contributed by atoms with E-state index in [-0.39, 0.29) is 11.0 Å². The van der Waals surface area contributed by atoms with Crippen molar-refractivity contribution in [1.29, 1.82) is 0 Å². The first-order valence-electron chi connectivity index (χ1n) is 6.50. The summed E-state index contributed by atoms with van der Waals surface area (Å²) in [6.07, 6.45) is 0. The van der Waals surface area contributed by atoms with Crippen molar-refractivity contribution in [2.45, 2.75) is 24.8 Å². The first kappa shape index (κ1) is 14.2. The summed E-state index contributed by atoms with van der Waals surface area (Å²) in [7, 11) is 5.30. The van der Waals surface area contributed by atoms with E-state index >= 15 is 0 Å². The van der Waals surface area contributed by atoms with Crippen LogP contribution in [0.25, 0.3) is 0 Å². The van der Waals surface area contributed by atoms with Gasteiger partial charge in [0.05, 0.1) is 32.8 Å². The number of hydrogen-bond acceptors (Lipinski definition) is 4. The van der Waals surface area contributed by atoms with E-state index in [1.807, 2.05) is 13.1 Å². The van der Waals surface area contributed by atoms with Crippen LogP contribution in [0.15, 0.2) is 18.2 Å². The topological polar surface area (TPSA) is 39.7 Å². The van der Waals surface area contributed by atoms with Gasteiger partial charge in [0.2, 0.25) is 0 Å². The van der Waals surface area contributed by atoms with Gasteiger partial charge in [0.25, 0.3) is 0 Å². The van der Waals surface area contributed by atoms with Crippen LogP contribution in [0.1, 0.15) is 19.4 Å². The van der Waals surface area contributed by atoms with Crippen LogP contribution >= 0.6 is 0 Å². The Morgan fingerprint density at radius 3 is 2.21 bits per heavy atom. The highest BCUT2D eigenvalue weighted by Crippen LogP contribution is 2.44. The third-order valence-corrected chi connectivity index (χ3v) is 4.45. The third kappa shape index (κ3) is 2.09. The molecule has 106 valence electrons. The zero-order valence-corrected chi connectivity index (χ0v) is 12.4. The summed E-state index contributed by atoms with van der Waals surface area (Å²) in [5.41, 5.74) is 1.14. The van der Waals surface area contributed by atoms with E-state index in [1.165, 1.54) is 5.56 Å². The summed E-state index contributed by atoms with van der Waals surface area (Å²) in [4.78, 5) is 0. The quantitative estimate of drug-likeness (QED) is 0.883. The lowest BCUT2D eigenvalue weighted by atomic mass is 9.65. The van der Waals surface area contributed by atoms with Crippen molar-refractivity contribution in [3.63, 3.8) is 0 Å². The lowest BCUT2D eigenvalue weighted by molar-refractivity contribution is -0.0991. The maximum absolute atomic E-state index is 5.50. The molecular formula is C15H23NO3. The molecule has 4 heteroatoms. The molecule has 19 heavy (non-hydrogen) atoms. The maximum atomic E-state index is 5.50. The number of ether oxygens (including phenoxy) is 3. The van der Waals surface area contributed by atoms with Gasteiger partial charge in [-0.15, -0.1) is 0 Å². The van der Waals surface area contributed by atoms with Gasteiger partial charge in [-0.2, -0.15) is 0 Å². The van der Waals surface area contributed by atoms with Gasteiger partial charge >= 0.3 is 0 Å². The summed E-state index contributed by atoms with van der Waals surface area (Å²) in [6.45, 7) is 5.84. The van der Waals surface area contributed by atoms with Gasteiger partial charge in [-0.1, -0.05) is 6.07 Å². The van der Waals surface area contributed by atoms with Gasteiger partial charge < -0.3 is 19.5 Å². The molecule has 0 radical (unpaired) electrons. The average molecular weight is 265 g/mol. The van der Waals surface area contributed by atoms with E-state index in [0.29, 0.717) is 0 Å². The monoisotopic (exact) mass is 265 g/mol. The molecule has 0 aromatic heterocycles. The fourth-order valence-corrected chi connectivity index (χ4v) is 2.57. The molecule has 1 N–H and O–H groups in total. The summed E-state index contributed by atoms with van der Waals surface area (Å²) in [6, 6.07) is 6.11. The van der Waals surface area contributed by atoms with Gasteiger partial charge in [0.15, 0.2) is 11.5 Å². The second kappa shape index (κ2) is 5.02. The molecule has 0 spiro atoms. The molecule has 1 heterocycles. The smallest absolute Gasteiger partial charge is 0.161 e.